The van der Waals surface area contributed by atoms with Crippen molar-refractivity contribution in [2.24, 2.45) is 29.3 Å². The summed E-state index contributed by atoms with van der Waals surface area (Å²) >= 11 is 0. The number of aliphatic hydroxyl groups excluding tert-OH is 3. The van der Waals surface area contributed by atoms with E-state index in [2.05, 4.69) is 0 Å². The van der Waals surface area contributed by atoms with Crippen molar-refractivity contribution < 1.29 is 68.4 Å². The van der Waals surface area contributed by atoms with Gasteiger partial charge >= 0.3 is 5.97 Å². The van der Waals surface area contributed by atoms with E-state index in [1.165, 1.54) is 31.2 Å². The quantitative estimate of drug-likeness (QED) is 0.0388. The molecule has 3 saturated heterocycles. The minimum atomic E-state index is -1.85. The van der Waals surface area contributed by atoms with E-state index in [9.17, 15) is 40.4 Å². The van der Waals surface area contributed by atoms with Gasteiger partial charge in [-0.25, -0.2) is 5.84 Å². The fraction of sp³-hybridized carbons (Fsp3) is 0.820. The molecule has 4 rings (SSSR count). The first-order chi connectivity index (χ1) is 33.1. The van der Waals surface area contributed by atoms with Crippen LogP contribution in [0.25, 0.3) is 0 Å². The summed E-state index contributed by atoms with van der Waals surface area (Å²) in [5, 5.41) is 71.9. The topological polar surface area (TPSA) is 288 Å². The van der Waals surface area contributed by atoms with Gasteiger partial charge in [0.05, 0.1) is 66.2 Å². The Morgan fingerprint density at radius 2 is 1.65 bits per heavy atom. The lowest BCUT2D eigenvalue weighted by molar-refractivity contribution is -0.384. The molecule has 1 aromatic carbocycles. The van der Waals surface area contributed by atoms with E-state index < -0.39 is 113 Å². The van der Waals surface area contributed by atoms with Crippen LogP contribution in [-0.2, 0) is 44.6 Å². The van der Waals surface area contributed by atoms with Crippen LogP contribution in [0.1, 0.15) is 107 Å². The number of methoxy groups -OCH3 is 1. The fourth-order valence-corrected chi connectivity index (χ4v) is 10.5. The lowest BCUT2D eigenvalue weighted by Crippen LogP contribution is -2.61. The number of ether oxygens (including phenoxy) is 7. The maximum atomic E-state index is 14.5. The predicted octanol–water partition coefficient (Wildman–Crippen LogP) is 2.76. The number of non-ortho nitro benzene ring substituents is 1. The number of hydrogen-bond acceptors (Lipinski definition) is 20. The molecule has 3 aliphatic rings. The summed E-state index contributed by atoms with van der Waals surface area (Å²) in [6.45, 7) is 19.1. The molecule has 0 bridgehead atoms. The molecule has 0 aromatic heterocycles. The number of carbonyl (C=O) groups excluding carboxylic acids is 1. The molecule has 18 atom stereocenters. The van der Waals surface area contributed by atoms with Crippen molar-refractivity contribution in [3.05, 3.63) is 51.8 Å². The molecule has 3 fully saturated rings. The van der Waals surface area contributed by atoms with Crippen LogP contribution in [0.15, 0.2) is 36.2 Å². The summed E-state index contributed by atoms with van der Waals surface area (Å²) in [5.74, 6) is 3.34. The Balaban J connectivity index is 1.60. The molecule has 0 amide bonds. The highest BCUT2D eigenvalue weighted by atomic mass is 16.7. The first kappa shape index (κ1) is 60.4. The van der Waals surface area contributed by atoms with Crippen molar-refractivity contribution in [3.8, 4) is 0 Å². The number of rotatable bonds is 17. The average Bonchev–Trinajstić information content (AvgIpc) is 3.30. The third-order valence-corrected chi connectivity index (χ3v) is 15.1. The zero-order valence-electron chi connectivity index (χ0n) is 44.4. The van der Waals surface area contributed by atoms with Crippen LogP contribution in [0, 0.1) is 27.9 Å². The number of carbonyl (C=O) groups is 1. The van der Waals surface area contributed by atoms with Crippen molar-refractivity contribution in [2.75, 3.05) is 47.4 Å². The van der Waals surface area contributed by atoms with Gasteiger partial charge in [-0.1, -0.05) is 20.8 Å². The number of hydrazine groups is 1. The molecule has 21 nitrogen and oxygen atoms in total. The number of aliphatic hydroxyl groups is 5. The summed E-state index contributed by atoms with van der Waals surface area (Å²) in [7, 11) is 5.18. The fourth-order valence-electron chi connectivity index (χ4n) is 10.5. The monoisotopic (exact) mass is 1010 g/mol. The highest BCUT2D eigenvalue weighted by Crippen LogP contribution is 2.40. The highest BCUT2D eigenvalue weighted by Gasteiger charge is 2.53. The number of nitrogens with two attached hydrogens (primary N) is 2. The molecule has 0 radical (unpaired) electrons. The van der Waals surface area contributed by atoms with E-state index in [1.54, 1.807) is 66.8 Å². The SMILES string of the molecule is CC[C@H]1OC(=O)[C@H](C)[C@@H](O[C@H]2C[C@@](C)(OC)[C@@H](O)[C@H](C)O2)[C@H](C)[C@@H](O[C@@H]2O[C@H](C)C[C@H](N(C)CC/C(N)=C/N(N)CCOCc3ccc([N+](=O)[O-])cc3)[C@H]2O)[C@](C)(O)C[C@@H](C)CN(C)[C@H](C)[C@@H](O)[C@]1(C)O. The van der Waals surface area contributed by atoms with Crippen LogP contribution in [-0.4, -0.2) is 189 Å². The Morgan fingerprint density at radius 3 is 2.25 bits per heavy atom. The van der Waals surface area contributed by atoms with Crippen LogP contribution in [0.2, 0.25) is 0 Å². The van der Waals surface area contributed by atoms with Crippen molar-refractivity contribution in [1.82, 2.24) is 14.8 Å². The number of nitrogens with zero attached hydrogens (tertiary/aromatic N) is 4. The summed E-state index contributed by atoms with van der Waals surface area (Å²) in [6, 6.07) is 5.06. The lowest BCUT2D eigenvalue weighted by atomic mass is 9.77. The largest absolute Gasteiger partial charge is 0.459 e. The molecule has 9 N–H and O–H groups in total. The zero-order valence-corrected chi connectivity index (χ0v) is 44.4. The molecule has 0 unspecified atom stereocenters. The normalized spacial score (nSPS) is 39.6. The van der Waals surface area contributed by atoms with Gasteiger partial charge in [-0.2, -0.15) is 0 Å². The number of nitro benzene ring substituents is 1. The lowest BCUT2D eigenvalue weighted by Gasteiger charge is -2.49. The number of cyclic esters (lactones) is 1. The minimum absolute atomic E-state index is 0.00367. The number of esters is 1. The summed E-state index contributed by atoms with van der Waals surface area (Å²) < 4.78 is 43.8. The summed E-state index contributed by atoms with van der Waals surface area (Å²) in [6.07, 6.45) is -7.38. The molecule has 0 spiro atoms. The van der Waals surface area contributed by atoms with Crippen LogP contribution in [0.3, 0.4) is 0 Å². The Labute approximate surface area is 420 Å². The molecular weight excluding hydrogens is 925 g/mol. The van der Waals surface area contributed by atoms with Gasteiger partial charge < -0.3 is 79.2 Å². The third-order valence-electron chi connectivity index (χ3n) is 15.1. The molecule has 0 saturated carbocycles. The van der Waals surface area contributed by atoms with Gasteiger partial charge in [-0.05, 0) is 105 Å². The van der Waals surface area contributed by atoms with Crippen molar-refractivity contribution in [3.63, 3.8) is 0 Å². The second kappa shape index (κ2) is 25.9. The van der Waals surface area contributed by atoms with Crippen molar-refractivity contribution >= 4 is 11.7 Å². The van der Waals surface area contributed by atoms with E-state index in [4.69, 9.17) is 44.7 Å². The van der Waals surface area contributed by atoms with E-state index >= 15 is 0 Å². The summed E-state index contributed by atoms with van der Waals surface area (Å²) in [4.78, 5) is 28.8. The third kappa shape index (κ3) is 15.7. The van der Waals surface area contributed by atoms with Crippen LogP contribution in [0.4, 0.5) is 5.69 Å². The smallest absolute Gasteiger partial charge is 0.311 e. The van der Waals surface area contributed by atoms with Crippen LogP contribution in [0.5, 0.6) is 0 Å². The van der Waals surface area contributed by atoms with Gasteiger partial charge in [0.15, 0.2) is 12.6 Å². The maximum absolute atomic E-state index is 14.5. The second-order valence-corrected chi connectivity index (χ2v) is 21.4. The predicted molar refractivity (Wildman–Crippen MR) is 264 cm³/mol. The summed E-state index contributed by atoms with van der Waals surface area (Å²) in [5.41, 5.74) is 3.12. The Kier molecular flexibility index (Phi) is 22.0. The molecular formula is C50H88N6O15. The number of benzene rings is 1. The number of likely N-dealkylation sites (N-methyl/N-ethyl adjacent to an activating group) is 2. The van der Waals surface area contributed by atoms with Gasteiger partial charge in [0.2, 0.25) is 0 Å². The van der Waals surface area contributed by atoms with Gasteiger partial charge in [-0.15, -0.1) is 0 Å². The first-order valence-corrected chi connectivity index (χ1v) is 25.1. The van der Waals surface area contributed by atoms with E-state index in [1.807, 2.05) is 37.7 Å². The molecule has 71 heavy (non-hydrogen) atoms. The first-order valence-electron chi connectivity index (χ1n) is 25.1. The van der Waals surface area contributed by atoms with Gasteiger partial charge in [-0.3, -0.25) is 14.9 Å². The average molecular weight is 1010 g/mol. The highest BCUT2D eigenvalue weighted by molar-refractivity contribution is 5.73. The Morgan fingerprint density at radius 1 is 1.00 bits per heavy atom. The van der Waals surface area contributed by atoms with Crippen LogP contribution >= 0.6 is 0 Å². The standard InChI is InChI=1S/C50H88N6O15/c1-14-39-50(10,62)43(58)33(6)54(12)26-29(2)24-48(8,61)45(31(4)42(32(5)46(60)69-39)70-40-25-49(9,65-13)44(59)34(7)68-40)71-47-41(57)38(23-30(3)67-47)53(11)20-19-36(51)27-55(52)21-22-66-28-35-15-17-37(18-16-35)56(63)64/h15-18,27,29-34,38-45,47,57-59,61-62H,14,19-26,28,51-52H2,1-13H3/b36-27-/t29-,30-,31+,32-,33-,34+,38+,39-,40+,41-,42+,43-,44+,45-,47+,48-,49-,50-/m1/s1. The molecule has 1 aromatic rings. The Hall–Kier alpha value is -3.13. The molecule has 3 heterocycles. The van der Waals surface area contributed by atoms with Gasteiger partial charge in [0.1, 0.15) is 30.0 Å². The van der Waals surface area contributed by atoms with E-state index in [0.29, 0.717) is 38.2 Å². The molecule has 21 heteroatoms. The molecule has 3 aliphatic heterocycles. The molecule has 408 valence electrons. The second-order valence-electron chi connectivity index (χ2n) is 21.4. The molecule has 0 aliphatic carbocycles. The van der Waals surface area contributed by atoms with E-state index in [-0.39, 0.29) is 44.1 Å². The van der Waals surface area contributed by atoms with Crippen molar-refractivity contribution in [1.29, 1.82) is 0 Å². The van der Waals surface area contributed by atoms with E-state index in [0.717, 1.165) is 5.56 Å². The van der Waals surface area contributed by atoms with Gasteiger partial charge in [0.25, 0.3) is 5.69 Å². The Bertz CT molecular complexity index is 1860. The number of hydrogen-bond donors (Lipinski definition) is 7. The zero-order chi connectivity index (χ0) is 53.3. The minimum Gasteiger partial charge on any atom is -0.459 e. The maximum Gasteiger partial charge on any atom is 0.311 e. The number of nitro groups is 1. The van der Waals surface area contributed by atoms with Gasteiger partial charge in [0, 0.05) is 75.1 Å². The van der Waals surface area contributed by atoms with Crippen molar-refractivity contribution in [2.45, 2.75) is 198 Å². The van der Waals surface area contributed by atoms with Crippen LogP contribution < -0.4 is 11.6 Å².